The maximum absolute atomic E-state index is 5.96. The third-order valence-electron chi connectivity index (χ3n) is 3.94. The highest BCUT2D eigenvalue weighted by Gasteiger charge is 2.44. The standard InChI is InChI=1S/C16H30O5/c1-12(2)15(3,4)14(19-11-18-9-8-17-7)13-10-20-16(5,6)21-13/h13-14H,1,8-11H2,2-7H3/t13-,14+/m1/s1. The zero-order chi connectivity index (χ0) is 16.1. The summed E-state index contributed by atoms with van der Waals surface area (Å²) >= 11 is 0. The van der Waals surface area contributed by atoms with Crippen LogP contribution in [0.2, 0.25) is 0 Å². The molecule has 1 rings (SSSR count). The molecule has 1 fully saturated rings. The predicted octanol–water partition coefficient (Wildman–Crippen LogP) is 2.75. The molecule has 0 unspecified atom stereocenters. The Hall–Kier alpha value is -0.460. The molecule has 0 aromatic rings. The minimum atomic E-state index is -0.575. The zero-order valence-electron chi connectivity index (χ0n) is 14.2. The molecule has 1 heterocycles. The molecule has 1 saturated heterocycles. The Balaban J connectivity index is 2.65. The maximum Gasteiger partial charge on any atom is 0.163 e. The molecule has 21 heavy (non-hydrogen) atoms. The Morgan fingerprint density at radius 3 is 2.52 bits per heavy atom. The quantitative estimate of drug-likeness (QED) is 0.372. The van der Waals surface area contributed by atoms with Gasteiger partial charge in [0.05, 0.1) is 25.9 Å². The average molecular weight is 302 g/mol. The summed E-state index contributed by atoms with van der Waals surface area (Å²) in [5.74, 6) is -0.575. The second-order valence-corrected chi connectivity index (χ2v) is 6.48. The normalized spacial score (nSPS) is 23.2. The Labute approximate surface area is 128 Å². The van der Waals surface area contributed by atoms with Crippen molar-refractivity contribution in [1.29, 1.82) is 0 Å². The van der Waals surface area contributed by atoms with Gasteiger partial charge in [-0.2, -0.15) is 0 Å². The number of rotatable bonds is 9. The molecule has 0 aromatic carbocycles. The highest BCUT2D eigenvalue weighted by molar-refractivity contribution is 5.09. The Bertz CT molecular complexity index is 338. The number of methoxy groups -OCH3 is 1. The fourth-order valence-corrected chi connectivity index (χ4v) is 2.21. The Kier molecular flexibility index (Phi) is 6.81. The van der Waals surface area contributed by atoms with E-state index in [2.05, 4.69) is 20.4 Å². The monoisotopic (exact) mass is 302 g/mol. The van der Waals surface area contributed by atoms with E-state index in [9.17, 15) is 0 Å². The van der Waals surface area contributed by atoms with Crippen LogP contribution >= 0.6 is 0 Å². The second-order valence-electron chi connectivity index (χ2n) is 6.48. The summed E-state index contributed by atoms with van der Waals surface area (Å²) < 4.78 is 27.9. The van der Waals surface area contributed by atoms with Crippen molar-refractivity contribution in [2.75, 3.05) is 33.7 Å². The smallest absolute Gasteiger partial charge is 0.163 e. The first-order chi connectivity index (χ1) is 9.70. The van der Waals surface area contributed by atoms with Gasteiger partial charge >= 0.3 is 0 Å². The van der Waals surface area contributed by atoms with Crippen molar-refractivity contribution < 1.29 is 23.7 Å². The van der Waals surface area contributed by atoms with Gasteiger partial charge in [0.15, 0.2) is 5.79 Å². The summed E-state index contributed by atoms with van der Waals surface area (Å²) in [6, 6.07) is 0. The van der Waals surface area contributed by atoms with Gasteiger partial charge in [-0.25, -0.2) is 0 Å². The van der Waals surface area contributed by atoms with E-state index < -0.39 is 5.79 Å². The summed E-state index contributed by atoms with van der Waals surface area (Å²) in [5.41, 5.74) is 0.802. The zero-order valence-corrected chi connectivity index (χ0v) is 14.2. The number of ether oxygens (including phenoxy) is 5. The van der Waals surface area contributed by atoms with E-state index >= 15 is 0 Å². The molecule has 0 aromatic heterocycles. The molecular weight excluding hydrogens is 272 g/mol. The van der Waals surface area contributed by atoms with E-state index in [1.54, 1.807) is 7.11 Å². The summed E-state index contributed by atoms with van der Waals surface area (Å²) in [7, 11) is 1.64. The van der Waals surface area contributed by atoms with Crippen LogP contribution in [0, 0.1) is 5.41 Å². The van der Waals surface area contributed by atoms with Crippen LogP contribution in [0.3, 0.4) is 0 Å². The molecule has 5 heteroatoms. The SMILES string of the molecule is C=C(C)C(C)(C)[C@@H](OCOCCOC)[C@H]1COC(C)(C)O1. The molecule has 0 aliphatic carbocycles. The van der Waals surface area contributed by atoms with E-state index in [0.717, 1.165) is 5.57 Å². The maximum atomic E-state index is 5.96. The van der Waals surface area contributed by atoms with Gasteiger partial charge in [-0.15, -0.1) is 0 Å². The van der Waals surface area contributed by atoms with Crippen LogP contribution < -0.4 is 0 Å². The molecule has 0 bridgehead atoms. The van der Waals surface area contributed by atoms with E-state index in [1.807, 2.05) is 20.8 Å². The van der Waals surface area contributed by atoms with Crippen molar-refractivity contribution in [3.05, 3.63) is 12.2 Å². The van der Waals surface area contributed by atoms with Crippen LogP contribution in [0.15, 0.2) is 12.2 Å². The molecule has 0 N–H and O–H groups in total. The van der Waals surface area contributed by atoms with Gasteiger partial charge in [0.1, 0.15) is 12.9 Å². The molecule has 0 amide bonds. The van der Waals surface area contributed by atoms with Gasteiger partial charge in [0.2, 0.25) is 0 Å². The summed E-state index contributed by atoms with van der Waals surface area (Å²) in [4.78, 5) is 0. The van der Waals surface area contributed by atoms with E-state index in [4.69, 9.17) is 23.7 Å². The Morgan fingerprint density at radius 1 is 1.38 bits per heavy atom. The third kappa shape index (κ3) is 5.34. The molecule has 2 atom stereocenters. The van der Waals surface area contributed by atoms with Gasteiger partial charge in [0.25, 0.3) is 0 Å². The van der Waals surface area contributed by atoms with Crippen molar-refractivity contribution in [1.82, 2.24) is 0 Å². The van der Waals surface area contributed by atoms with E-state index in [-0.39, 0.29) is 24.4 Å². The van der Waals surface area contributed by atoms with E-state index in [1.165, 1.54) is 0 Å². The minimum Gasteiger partial charge on any atom is -0.382 e. The fraction of sp³-hybridized carbons (Fsp3) is 0.875. The molecule has 124 valence electrons. The first-order valence-electron chi connectivity index (χ1n) is 7.37. The van der Waals surface area contributed by atoms with E-state index in [0.29, 0.717) is 19.8 Å². The molecule has 0 spiro atoms. The lowest BCUT2D eigenvalue weighted by molar-refractivity contribution is -0.189. The second kappa shape index (κ2) is 7.70. The lowest BCUT2D eigenvalue weighted by atomic mass is 9.78. The van der Waals surface area contributed by atoms with Crippen molar-refractivity contribution in [3.8, 4) is 0 Å². The lowest BCUT2D eigenvalue weighted by Gasteiger charge is -2.37. The van der Waals surface area contributed by atoms with Gasteiger partial charge in [-0.05, 0) is 20.8 Å². The largest absolute Gasteiger partial charge is 0.382 e. The van der Waals surface area contributed by atoms with Gasteiger partial charge in [0, 0.05) is 12.5 Å². The summed E-state index contributed by atoms with van der Waals surface area (Å²) in [5, 5.41) is 0. The van der Waals surface area contributed by atoms with Gasteiger partial charge < -0.3 is 23.7 Å². The first kappa shape index (κ1) is 18.6. The van der Waals surface area contributed by atoms with Crippen molar-refractivity contribution in [2.24, 2.45) is 5.41 Å². The fourth-order valence-electron chi connectivity index (χ4n) is 2.21. The van der Waals surface area contributed by atoms with Crippen LogP contribution in [0.1, 0.15) is 34.6 Å². The van der Waals surface area contributed by atoms with Crippen molar-refractivity contribution >= 4 is 0 Å². The molecule has 0 radical (unpaired) electrons. The Morgan fingerprint density at radius 2 is 2.05 bits per heavy atom. The molecular formula is C16H30O5. The first-order valence-corrected chi connectivity index (χ1v) is 7.37. The molecule has 5 nitrogen and oxygen atoms in total. The minimum absolute atomic E-state index is 0.141. The van der Waals surface area contributed by atoms with Crippen LogP contribution in [-0.2, 0) is 23.7 Å². The predicted molar refractivity (Wildman–Crippen MR) is 81.1 cm³/mol. The van der Waals surface area contributed by atoms with Gasteiger partial charge in [-0.1, -0.05) is 26.0 Å². The van der Waals surface area contributed by atoms with Crippen LogP contribution in [-0.4, -0.2) is 51.7 Å². The van der Waals surface area contributed by atoms with Crippen LogP contribution in [0.25, 0.3) is 0 Å². The molecule has 1 aliphatic rings. The topological polar surface area (TPSA) is 46.2 Å². The summed E-state index contributed by atoms with van der Waals surface area (Å²) in [6.07, 6.45) is -0.322. The highest BCUT2D eigenvalue weighted by Crippen LogP contribution is 2.37. The molecule has 1 aliphatic heterocycles. The number of hydrogen-bond acceptors (Lipinski definition) is 5. The molecule has 0 saturated carbocycles. The van der Waals surface area contributed by atoms with Crippen molar-refractivity contribution in [3.63, 3.8) is 0 Å². The summed E-state index contributed by atoms with van der Waals surface area (Å²) in [6.45, 7) is 15.9. The average Bonchev–Trinajstić information content (AvgIpc) is 2.73. The third-order valence-corrected chi connectivity index (χ3v) is 3.94. The van der Waals surface area contributed by atoms with Crippen molar-refractivity contribution in [2.45, 2.75) is 52.6 Å². The van der Waals surface area contributed by atoms with Gasteiger partial charge in [-0.3, -0.25) is 0 Å². The highest BCUT2D eigenvalue weighted by atomic mass is 16.8. The number of hydrogen-bond donors (Lipinski definition) is 0. The lowest BCUT2D eigenvalue weighted by Crippen LogP contribution is -2.44. The van der Waals surface area contributed by atoms with Crippen LogP contribution in [0.4, 0.5) is 0 Å². The van der Waals surface area contributed by atoms with Crippen LogP contribution in [0.5, 0.6) is 0 Å².